The van der Waals surface area contributed by atoms with Gasteiger partial charge in [0.2, 0.25) is 0 Å². The molecule has 0 bridgehead atoms. The highest BCUT2D eigenvalue weighted by Gasteiger charge is 2.25. The van der Waals surface area contributed by atoms with E-state index in [1.165, 1.54) is 238 Å². The van der Waals surface area contributed by atoms with Gasteiger partial charge in [0.25, 0.3) is 6.29 Å². The summed E-state index contributed by atoms with van der Waals surface area (Å²) in [4.78, 5) is 37.6. The zero-order valence-electron chi connectivity index (χ0n) is 58.6. The van der Waals surface area contributed by atoms with Crippen molar-refractivity contribution in [2.24, 2.45) is 0 Å². The van der Waals surface area contributed by atoms with Gasteiger partial charge in [-0.25, -0.2) is 4.79 Å². The van der Waals surface area contributed by atoms with Gasteiger partial charge < -0.3 is 28.5 Å². The number of carbonyl (C=O) groups excluding carboxylic acids is 2. The van der Waals surface area contributed by atoms with Crippen LogP contribution in [0.25, 0.3) is 0 Å². The van der Waals surface area contributed by atoms with E-state index in [4.69, 9.17) is 18.9 Å². The van der Waals surface area contributed by atoms with E-state index in [9.17, 15) is 19.5 Å². The maximum Gasteiger partial charge on any atom is 0.361 e. The molecule has 0 aliphatic rings. The second-order valence-electron chi connectivity index (χ2n) is 26.6. The van der Waals surface area contributed by atoms with Crippen molar-refractivity contribution in [3.05, 3.63) is 72.9 Å². The van der Waals surface area contributed by atoms with Gasteiger partial charge in [-0.15, -0.1) is 0 Å². The quantitative estimate of drug-likeness (QED) is 0.0211. The minimum atomic E-state index is -1.52. The summed E-state index contributed by atoms with van der Waals surface area (Å²) < 4.78 is 23.0. The van der Waals surface area contributed by atoms with Crippen LogP contribution in [0, 0.1) is 0 Å². The lowest BCUT2D eigenvalue weighted by molar-refractivity contribution is -0.870. The van der Waals surface area contributed by atoms with Crippen LogP contribution in [0.15, 0.2) is 72.9 Å². The summed E-state index contributed by atoms with van der Waals surface area (Å²) in [6, 6.07) is 0. The van der Waals surface area contributed by atoms with Crippen molar-refractivity contribution in [3.8, 4) is 0 Å². The van der Waals surface area contributed by atoms with Crippen molar-refractivity contribution in [1.29, 1.82) is 0 Å². The molecule has 0 rings (SSSR count). The van der Waals surface area contributed by atoms with Gasteiger partial charge in [0.05, 0.1) is 34.4 Å². The summed E-state index contributed by atoms with van der Waals surface area (Å²) in [7, 11) is 5.97. The van der Waals surface area contributed by atoms with Gasteiger partial charge in [-0.2, -0.15) is 0 Å². The highest BCUT2D eigenvalue weighted by molar-refractivity contribution is 5.71. The number of hydrogen-bond acceptors (Lipinski definition) is 7. The minimum Gasteiger partial charge on any atom is -0.477 e. The van der Waals surface area contributed by atoms with Gasteiger partial charge in [-0.05, 0) is 64.2 Å². The number of ether oxygens (including phenoxy) is 4. The first-order valence-corrected chi connectivity index (χ1v) is 37.6. The number of carbonyl (C=O) groups is 3. The van der Waals surface area contributed by atoms with Crippen LogP contribution in [-0.2, 0) is 33.3 Å². The highest BCUT2D eigenvalue weighted by Crippen LogP contribution is 2.19. The lowest BCUT2D eigenvalue weighted by atomic mass is 10.0. The molecule has 0 amide bonds. The number of carboxylic acids is 1. The van der Waals surface area contributed by atoms with Crippen LogP contribution < -0.4 is 0 Å². The Balaban J connectivity index is 3.98. The fourth-order valence-corrected chi connectivity index (χ4v) is 11.0. The molecule has 0 aliphatic heterocycles. The molecular formula is C79H144NO8+. The number of carboxylic acid groups (broad SMARTS) is 1. The third-order valence-corrected chi connectivity index (χ3v) is 16.7. The number of hydrogen-bond donors (Lipinski definition) is 1. The van der Waals surface area contributed by atoms with Crippen LogP contribution in [0.1, 0.15) is 354 Å². The molecule has 0 aromatic rings. The molecule has 0 saturated carbocycles. The third-order valence-electron chi connectivity index (χ3n) is 16.7. The Labute approximate surface area is 545 Å². The lowest BCUT2D eigenvalue weighted by Gasteiger charge is -2.25. The zero-order chi connectivity index (χ0) is 64.0. The molecule has 0 saturated heterocycles. The predicted octanol–water partition coefficient (Wildman–Crippen LogP) is 23.6. The molecule has 88 heavy (non-hydrogen) atoms. The van der Waals surface area contributed by atoms with E-state index >= 15 is 0 Å². The molecule has 0 radical (unpaired) electrons. The highest BCUT2D eigenvalue weighted by atomic mass is 16.7. The Hall–Kier alpha value is -3.27. The topological polar surface area (TPSA) is 108 Å². The molecule has 0 aromatic heterocycles. The van der Waals surface area contributed by atoms with Crippen molar-refractivity contribution >= 4 is 17.9 Å². The fourth-order valence-electron chi connectivity index (χ4n) is 11.0. The van der Waals surface area contributed by atoms with Crippen molar-refractivity contribution in [2.45, 2.75) is 367 Å². The molecule has 0 aliphatic carbocycles. The van der Waals surface area contributed by atoms with Gasteiger partial charge >= 0.3 is 17.9 Å². The van der Waals surface area contributed by atoms with Gasteiger partial charge in [0.15, 0.2) is 6.10 Å². The summed E-state index contributed by atoms with van der Waals surface area (Å²) >= 11 is 0. The van der Waals surface area contributed by atoms with Crippen molar-refractivity contribution in [2.75, 3.05) is 47.5 Å². The predicted molar refractivity (Wildman–Crippen MR) is 378 cm³/mol. The van der Waals surface area contributed by atoms with E-state index < -0.39 is 24.3 Å². The number of allylic oxidation sites excluding steroid dienone is 12. The van der Waals surface area contributed by atoms with Crippen LogP contribution in [0.2, 0.25) is 0 Å². The molecule has 0 heterocycles. The van der Waals surface area contributed by atoms with Crippen LogP contribution in [0.3, 0.4) is 0 Å². The van der Waals surface area contributed by atoms with Crippen LogP contribution in [0.5, 0.6) is 0 Å². The van der Waals surface area contributed by atoms with Crippen molar-refractivity contribution in [1.82, 2.24) is 0 Å². The van der Waals surface area contributed by atoms with Gasteiger partial charge in [0.1, 0.15) is 13.2 Å². The number of rotatable bonds is 70. The van der Waals surface area contributed by atoms with Crippen LogP contribution in [-0.4, -0.2) is 87.4 Å². The SMILES string of the molecule is CC/C=C\C/C=C\C/C=C\C/C=C\C/C=C\C/C=C\CCCCCCC(=O)OC(COC(=O)CCCCCCCCCCCCCCCCCCCCCCCCCCCCCCCCCCCCCCCCCC)COC(OCC[N+](C)(C)C)C(=O)O. The number of quaternary nitrogens is 1. The molecule has 0 fully saturated rings. The first kappa shape index (κ1) is 84.7. The molecule has 1 N–H and O–H groups in total. The summed E-state index contributed by atoms with van der Waals surface area (Å²) in [6.45, 7) is 4.78. The van der Waals surface area contributed by atoms with Gasteiger partial charge in [-0.1, -0.05) is 350 Å². The summed E-state index contributed by atoms with van der Waals surface area (Å²) in [6.07, 6.45) is 90.6. The Morgan fingerprint density at radius 1 is 0.352 bits per heavy atom. The number of nitrogens with zero attached hydrogens (tertiary/aromatic N) is 1. The summed E-state index contributed by atoms with van der Waals surface area (Å²) in [5, 5.41) is 9.74. The van der Waals surface area contributed by atoms with Crippen LogP contribution in [0.4, 0.5) is 0 Å². The first-order valence-electron chi connectivity index (χ1n) is 37.6. The molecule has 0 aromatic carbocycles. The molecular weight excluding hydrogens is 1090 g/mol. The standard InChI is InChI=1S/C79H143NO8/c1-6-8-10-12-14-16-18-20-22-24-26-28-30-31-32-33-34-35-36-37-38-39-40-41-42-43-44-45-46-48-49-51-53-55-57-59-61-63-65-67-69-76(81)86-73-75(74-87-79(78(83)84)85-72-71-80(3,4)5)88-77(82)70-68-66-64-62-60-58-56-54-52-50-47-29-27-25-23-21-19-17-15-13-11-9-7-2/h9,11,15,17,21,23,27,29,50,52,56,58,75,79H,6-8,10,12-14,16,18-20,22,24-26,28,30-49,51,53-55,57,59-74H2,1-5H3/p+1/b11-9-,17-15-,23-21-,29-27-,52-50-,58-56-. The van der Waals surface area contributed by atoms with Crippen molar-refractivity contribution < 1.29 is 42.9 Å². The zero-order valence-corrected chi connectivity index (χ0v) is 58.6. The van der Waals surface area contributed by atoms with Gasteiger partial charge in [-0.3, -0.25) is 9.59 Å². The average molecular weight is 1240 g/mol. The van der Waals surface area contributed by atoms with E-state index in [-0.39, 0.29) is 32.2 Å². The number of unbranched alkanes of at least 4 members (excludes halogenated alkanes) is 43. The first-order chi connectivity index (χ1) is 43.1. The summed E-state index contributed by atoms with van der Waals surface area (Å²) in [5.41, 5.74) is 0. The van der Waals surface area contributed by atoms with Crippen LogP contribution >= 0.6 is 0 Å². The normalized spacial score (nSPS) is 13.1. The number of aliphatic carboxylic acids is 1. The van der Waals surface area contributed by atoms with E-state index in [0.29, 0.717) is 23.9 Å². The minimum absolute atomic E-state index is 0.180. The average Bonchev–Trinajstić information content (AvgIpc) is 3.51. The second-order valence-corrected chi connectivity index (χ2v) is 26.6. The van der Waals surface area contributed by atoms with E-state index in [0.717, 1.165) is 83.5 Å². The van der Waals surface area contributed by atoms with E-state index in [1.54, 1.807) is 0 Å². The molecule has 2 unspecified atom stereocenters. The Morgan fingerprint density at radius 2 is 0.648 bits per heavy atom. The number of likely N-dealkylation sites (N-methyl/N-ethyl adjacent to an activating group) is 1. The molecule has 512 valence electrons. The molecule has 0 spiro atoms. The molecule has 2 atom stereocenters. The fraction of sp³-hybridized carbons (Fsp3) is 0.810. The smallest absolute Gasteiger partial charge is 0.361 e. The molecule has 9 heteroatoms. The van der Waals surface area contributed by atoms with Crippen molar-refractivity contribution in [3.63, 3.8) is 0 Å². The lowest BCUT2D eigenvalue weighted by Crippen LogP contribution is -2.40. The maximum absolute atomic E-state index is 12.9. The van der Waals surface area contributed by atoms with E-state index in [1.807, 2.05) is 21.1 Å². The van der Waals surface area contributed by atoms with E-state index in [2.05, 4.69) is 86.8 Å². The summed E-state index contributed by atoms with van der Waals surface area (Å²) in [5.74, 6) is -2.03. The Morgan fingerprint density at radius 3 is 0.966 bits per heavy atom. The largest absolute Gasteiger partial charge is 0.477 e. The monoisotopic (exact) mass is 1240 g/mol. The van der Waals surface area contributed by atoms with Gasteiger partial charge in [0, 0.05) is 12.8 Å². The Kier molecular flexibility index (Phi) is 67.0. The molecule has 9 nitrogen and oxygen atoms in total. The second kappa shape index (κ2) is 69.6. The number of esters is 2. The Bertz CT molecular complexity index is 1680. The maximum atomic E-state index is 12.9. The third kappa shape index (κ3) is 70.2.